The highest BCUT2D eigenvalue weighted by Gasteiger charge is 2.05. The summed E-state index contributed by atoms with van der Waals surface area (Å²) < 4.78 is 5.14. The van der Waals surface area contributed by atoms with Crippen molar-refractivity contribution in [3.05, 3.63) is 12.0 Å². The van der Waals surface area contributed by atoms with Crippen LogP contribution in [0.5, 0.6) is 0 Å². The van der Waals surface area contributed by atoms with Crippen molar-refractivity contribution in [2.75, 3.05) is 13.2 Å². The third kappa shape index (κ3) is 2.49. The lowest BCUT2D eigenvalue weighted by Crippen LogP contribution is -2.28. The molecule has 0 spiro atoms. The average Bonchev–Trinajstić information content (AvgIpc) is 2.01. The van der Waals surface area contributed by atoms with Gasteiger partial charge in [-0.25, -0.2) is 4.99 Å². The van der Waals surface area contributed by atoms with Crippen LogP contribution in [0.15, 0.2) is 17.0 Å². The molecule has 0 aromatic carbocycles. The maximum atomic E-state index is 8.97. The van der Waals surface area contributed by atoms with E-state index in [0.29, 0.717) is 19.2 Å². The van der Waals surface area contributed by atoms with Crippen molar-refractivity contribution < 1.29 is 9.84 Å². The molecule has 0 bridgehead atoms. The molecule has 0 saturated heterocycles. The molecule has 0 unspecified atom stereocenters. The molecule has 1 heterocycles. The third-order valence-electron chi connectivity index (χ3n) is 1.20. The van der Waals surface area contributed by atoms with Crippen molar-refractivity contribution >= 4 is 6.02 Å². The molecule has 1 aliphatic rings. The molecule has 0 fully saturated rings. The Labute approximate surface area is 65.6 Å². The van der Waals surface area contributed by atoms with E-state index in [2.05, 4.69) is 10.3 Å². The lowest BCUT2D eigenvalue weighted by Gasteiger charge is -2.12. The van der Waals surface area contributed by atoms with Gasteiger partial charge in [-0.05, 0) is 12.5 Å². The second-order valence-corrected chi connectivity index (χ2v) is 2.21. The molecule has 0 aliphatic carbocycles. The molecule has 4 heteroatoms. The number of hydrogen-bond acceptors (Lipinski definition) is 4. The van der Waals surface area contributed by atoms with Gasteiger partial charge in [-0.15, -0.1) is 0 Å². The number of nitrogens with one attached hydrogen (secondary N) is 1. The van der Waals surface area contributed by atoms with E-state index in [4.69, 9.17) is 9.84 Å². The average molecular weight is 156 g/mol. The minimum absolute atomic E-state index is 0.117. The molecule has 2 N–H and O–H groups in total. The van der Waals surface area contributed by atoms with Gasteiger partial charge in [0, 0.05) is 0 Å². The molecule has 1 aliphatic heterocycles. The van der Waals surface area contributed by atoms with Crippen molar-refractivity contribution in [2.45, 2.75) is 13.3 Å². The fourth-order valence-corrected chi connectivity index (χ4v) is 0.696. The molecule has 11 heavy (non-hydrogen) atoms. The molecular weight excluding hydrogens is 144 g/mol. The molecule has 0 saturated carbocycles. The summed E-state index contributed by atoms with van der Waals surface area (Å²) in [7, 11) is 0. The largest absolute Gasteiger partial charge is 0.495 e. The van der Waals surface area contributed by atoms with Gasteiger partial charge in [0.25, 0.3) is 6.02 Å². The zero-order valence-corrected chi connectivity index (χ0v) is 6.50. The SMILES string of the molecule is CCCOC1=NCC=C(O)N1. The van der Waals surface area contributed by atoms with E-state index < -0.39 is 0 Å². The highest BCUT2D eigenvalue weighted by molar-refractivity contribution is 5.76. The molecule has 0 atom stereocenters. The molecule has 62 valence electrons. The van der Waals surface area contributed by atoms with E-state index >= 15 is 0 Å². The Bertz CT molecular complexity index is 187. The summed E-state index contributed by atoms with van der Waals surface area (Å²) in [6.45, 7) is 3.12. The van der Waals surface area contributed by atoms with Crippen LogP contribution in [-0.2, 0) is 4.74 Å². The summed E-state index contributed by atoms with van der Waals surface area (Å²) in [5, 5.41) is 11.6. The van der Waals surface area contributed by atoms with Crippen molar-refractivity contribution in [3.63, 3.8) is 0 Å². The van der Waals surface area contributed by atoms with E-state index in [1.54, 1.807) is 6.08 Å². The van der Waals surface area contributed by atoms with Crippen molar-refractivity contribution in [3.8, 4) is 0 Å². The minimum atomic E-state index is 0.117. The fourth-order valence-electron chi connectivity index (χ4n) is 0.696. The Morgan fingerprint density at radius 2 is 2.64 bits per heavy atom. The first-order valence-electron chi connectivity index (χ1n) is 3.66. The molecule has 1 rings (SSSR count). The highest BCUT2D eigenvalue weighted by Crippen LogP contribution is 1.94. The van der Waals surface area contributed by atoms with Crippen LogP contribution in [0.3, 0.4) is 0 Å². The van der Waals surface area contributed by atoms with Crippen LogP contribution in [0.1, 0.15) is 13.3 Å². The second-order valence-electron chi connectivity index (χ2n) is 2.21. The van der Waals surface area contributed by atoms with Gasteiger partial charge in [0.15, 0.2) is 5.88 Å². The fraction of sp³-hybridized carbons (Fsp3) is 0.571. The Hall–Kier alpha value is -1.19. The monoisotopic (exact) mass is 156 g/mol. The topological polar surface area (TPSA) is 53.9 Å². The quantitative estimate of drug-likeness (QED) is 0.621. The summed E-state index contributed by atoms with van der Waals surface area (Å²) in [6, 6.07) is 0.409. The van der Waals surface area contributed by atoms with Gasteiger partial charge in [0.05, 0.1) is 13.2 Å². The third-order valence-corrected chi connectivity index (χ3v) is 1.20. The van der Waals surface area contributed by atoms with Crippen LogP contribution in [-0.4, -0.2) is 24.3 Å². The summed E-state index contributed by atoms with van der Waals surface area (Å²) in [4.78, 5) is 3.96. The minimum Gasteiger partial charge on any atom is -0.495 e. The van der Waals surface area contributed by atoms with Crippen LogP contribution in [0.2, 0.25) is 0 Å². The molecule has 4 nitrogen and oxygen atoms in total. The van der Waals surface area contributed by atoms with E-state index in [1.165, 1.54) is 0 Å². The maximum absolute atomic E-state index is 8.97. The van der Waals surface area contributed by atoms with Crippen LogP contribution in [0.25, 0.3) is 0 Å². The number of nitrogens with zero attached hydrogens (tertiary/aromatic N) is 1. The number of amidine groups is 1. The normalized spacial score (nSPS) is 16.5. The number of ether oxygens (including phenoxy) is 1. The van der Waals surface area contributed by atoms with Crippen molar-refractivity contribution in [2.24, 2.45) is 4.99 Å². The first-order valence-corrected chi connectivity index (χ1v) is 3.66. The zero-order chi connectivity index (χ0) is 8.10. The number of hydrogen-bond donors (Lipinski definition) is 2. The predicted molar refractivity (Wildman–Crippen MR) is 42.4 cm³/mol. The number of aliphatic imine (C=N–C) groups is 1. The Balaban J connectivity index is 2.30. The lowest BCUT2D eigenvalue weighted by molar-refractivity contribution is 0.275. The lowest BCUT2D eigenvalue weighted by atomic mass is 10.5. The van der Waals surface area contributed by atoms with E-state index in [1.807, 2.05) is 6.92 Å². The summed E-state index contributed by atoms with van der Waals surface area (Å²) in [6.07, 6.45) is 2.52. The molecular formula is C7H12N2O2. The van der Waals surface area contributed by atoms with Gasteiger partial charge in [0.1, 0.15) is 0 Å². The highest BCUT2D eigenvalue weighted by atomic mass is 16.5. The first kappa shape index (κ1) is 7.91. The molecule has 0 amide bonds. The van der Waals surface area contributed by atoms with Crippen LogP contribution < -0.4 is 5.32 Å². The van der Waals surface area contributed by atoms with Gasteiger partial charge < -0.3 is 9.84 Å². The molecule has 0 radical (unpaired) electrons. The second kappa shape index (κ2) is 3.85. The molecule has 0 aromatic rings. The summed E-state index contributed by atoms with van der Waals surface area (Å²) >= 11 is 0. The first-order chi connectivity index (χ1) is 5.33. The Morgan fingerprint density at radius 1 is 1.82 bits per heavy atom. The molecule has 0 aromatic heterocycles. The van der Waals surface area contributed by atoms with Crippen molar-refractivity contribution in [1.82, 2.24) is 5.32 Å². The van der Waals surface area contributed by atoms with Crippen LogP contribution in [0, 0.1) is 0 Å². The standard InChI is InChI=1S/C7H12N2O2/c1-2-5-11-7-8-4-3-6(10)9-7/h3,10H,2,4-5H2,1H3,(H,8,9). The number of aliphatic hydroxyl groups is 1. The Morgan fingerprint density at radius 3 is 3.27 bits per heavy atom. The van der Waals surface area contributed by atoms with E-state index in [9.17, 15) is 0 Å². The number of aliphatic hydroxyl groups excluding tert-OH is 1. The smallest absolute Gasteiger partial charge is 0.291 e. The predicted octanol–water partition coefficient (Wildman–Crippen LogP) is 0.772. The maximum Gasteiger partial charge on any atom is 0.291 e. The van der Waals surface area contributed by atoms with Gasteiger partial charge in [-0.3, -0.25) is 5.32 Å². The van der Waals surface area contributed by atoms with E-state index in [-0.39, 0.29) is 5.88 Å². The zero-order valence-electron chi connectivity index (χ0n) is 6.50. The number of rotatable bonds is 2. The summed E-state index contributed by atoms with van der Waals surface area (Å²) in [5.41, 5.74) is 0. The summed E-state index contributed by atoms with van der Waals surface area (Å²) in [5.74, 6) is 0.117. The van der Waals surface area contributed by atoms with Crippen LogP contribution in [0.4, 0.5) is 0 Å². The van der Waals surface area contributed by atoms with E-state index in [0.717, 1.165) is 6.42 Å². The van der Waals surface area contributed by atoms with Crippen molar-refractivity contribution in [1.29, 1.82) is 0 Å². The van der Waals surface area contributed by atoms with Gasteiger partial charge >= 0.3 is 0 Å². The van der Waals surface area contributed by atoms with Gasteiger partial charge in [0.2, 0.25) is 0 Å². The van der Waals surface area contributed by atoms with Gasteiger partial charge in [-0.2, -0.15) is 0 Å². The van der Waals surface area contributed by atoms with Gasteiger partial charge in [-0.1, -0.05) is 6.92 Å². The van der Waals surface area contributed by atoms with Crippen LogP contribution >= 0.6 is 0 Å². The Kier molecular flexibility index (Phi) is 2.77.